The zero-order valence-electron chi connectivity index (χ0n) is 13.5. The van der Waals surface area contributed by atoms with E-state index < -0.39 is 5.82 Å². The largest absolute Gasteiger partial charge is 0.467 e. The van der Waals surface area contributed by atoms with Crippen LogP contribution in [0, 0.1) is 11.7 Å². The Labute approximate surface area is 135 Å². The number of Topliss-reactive ketones (excluding diaryl/α,β-unsaturated/α-hetero) is 1. The Morgan fingerprint density at radius 1 is 1.35 bits per heavy atom. The predicted molar refractivity (Wildman–Crippen MR) is 82.1 cm³/mol. The van der Waals surface area contributed by atoms with Gasteiger partial charge in [0, 0.05) is 31.2 Å². The van der Waals surface area contributed by atoms with Crippen molar-refractivity contribution in [3.63, 3.8) is 0 Å². The quantitative estimate of drug-likeness (QED) is 0.613. The number of carbonyl (C=O) groups is 1. The molecule has 2 fully saturated rings. The van der Waals surface area contributed by atoms with Crippen molar-refractivity contribution in [1.29, 1.82) is 0 Å². The summed E-state index contributed by atoms with van der Waals surface area (Å²) in [5, 5.41) is 0. The van der Waals surface area contributed by atoms with Crippen LogP contribution in [-0.2, 0) is 9.47 Å². The minimum atomic E-state index is -0.538. The summed E-state index contributed by atoms with van der Waals surface area (Å²) in [6, 6.07) is 4.83. The van der Waals surface area contributed by atoms with Crippen LogP contribution in [0.3, 0.4) is 0 Å². The second kappa shape index (κ2) is 6.95. The number of rotatable bonds is 5. The lowest BCUT2D eigenvalue weighted by molar-refractivity contribution is -0.0702. The lowest BCUT2D eigenvalue weighted by Crippen LogP contribution is -2.55. The van der Waals surface area contributed by atoms with Gasteiger partial charge in [-0.25, -0.2) is 4.39 Å². The molecule has 5 nitrogen and oxygen atoms in total. The van der Waals surface area contributed by atoms with E-state index in [1.807, 2.05) is 0 Å². The molecule has 0 saturated carbocycles. The molecule has 2 bridgehead atoms. The van der Waals surface area contributed by atoms with Gasteiger partial charge < -0.3 is 14.2 Å². The number of nitrogens with zero attached hydrogens (tertiary/aromatic N) is 1. The Balaban J connectivity index is 1.73. The summed E-state index contributed by atoms with van der Waals surface area (Å²) in [7, 11) is 3.57. The van der Waals surface area contributed by atoms with Crippen LogP contribution in [-0.4, -0.2) is 56.9 Å². The van der Waals surface area contributed by atoms with Crippen LogP contribution in [0.1, 0.15) is 23.2 Å². The Morgan fingerprint density at radius 2 is 2.04 bits per heavy atom. The average Bonchev–Trinajstić information content (AvgIpc) is 2.52. The number of ether oxygens (including phenoxy) is 3. The summed E-state index contributed by atoms with van der Waals surface area (Å²) >= 11 is 0. The Hall–Kier alpha value is -1.50. The van der Waals surface area contributed by atoms with Crippen molar-refractivity contribution in [2.45, 2.75) is 24.9 Å². The van der Waals surface area contributed by atoms with Gasteiger partial charge in [0.1, 0.15) is 11.6 Å². The van der Waals surface area contributed by atoms with Crippen LogP contribution in [0.15, 0.2) is 18.2 Å². The van der Waals surface area contributed by atoms with E-state index in [-0.39, 0.29) is 36.1 Å². The van der Waals surface area contributed by atoms with Crippen LogP contribution in [0.5, 0.6) is 5.75 Å². The van der Waals surface area contributed by atoms with Gasteiger partial charge in [0.05, 0.1) is 18.8 Å². The molecule has 0 radical (unpaired) electrons. The van der Waals surface area contributed by atoms with Crippen LogP contribution in [0.25, 0.3) is 0 Å². The molecule has 2 saturated heterocycles. The number of morpholine rings is 1. The highest BCUT2D eigenvalue weighted by atomic mass is 19.1. The van der Waals surface area contributed by atoms with Gasteiger partial charge in [-0.2, -0.15) is 0 Å². The minimum Gasteiger partial charge on any atom is -0.467 e. The molecule has 1 aromatic carbocycles. The molecule has 126 valence electrons. The topological polar surface area (TPSA) is 48.0 Å². The van der Waals surface area contributed by atoms with Crippen LogP contribution in [0.2, 0.25) is 0 Å². The summed E-state index contributed by atoms with van der Waals surface area (Å²) in [5.41, 5.74) is 0.142. The summed E-state index contributed by atoms with van der Waals surface area (Å²) in [6.45, 7) is 1.33. The third-order valence-electron chi connectivity index (χ3n) is 4.81. The third kappa shape index (κ3) is 3.39. The monoisotopic (exact) mass is 323 g/mol. The van der Waals surface area contributed by atoms with E-state index in [1.165, 1.54) is 19.2 Å². The fourth-order valence-electron chi connectivity index (χ4n) is 3.44. The first-order chi connectivity index (χ1) is 11.1. The van der Waals surface area contributed by atoms with Crippen molar-refractivity contribution in [2.24, 2.45) is 5.92 Å². The molecule has 6 heteroatoms. The first-order valence-electron chi connectivity index (χ1n) is 7.85. The van der Waals surface area contributed by atoms with Gasteiger partial charge in [-0.3, -0.25) is 9.69 Å². The van der Waals surface area contributed by atoms with E-state index in [4.69, 9.17) is 14.2 Å². The Bertz CT molecular complexity index is 566. The van der Waals surface area contributed by atoms with Gasteiger partial charge in [-0.05, 0) is 32.0 Å². The first-order valence-corrected chi connectivity index (χ1v) is 7.85. The van der Waals surface area contributed by atoms with Crippen molar-refractivity contribution in [1.82, 2.24) is 4.90 Å². The molecule has 0 amide bonds. The highest BCUT2D eigenvalue weighted by molar-refractivity contribution is 5.98. The summed E-state index contributed by atoms with van der Waals surface area (Å²) in [5.74, 6) is -0.449. The average molecular weight is 323 g/mol. The lowest BCUT2D eigenvalue weighted by Gasteiger charge is -2.46. The SMILES string of the molecule is COCOc1ccc(C(=O)C2CC3COCC(C2)N3C)c(F)c1. The van der Waals surface area contributed by atoms with E-state index in [1.54, 1.807) is 6.07 Å². The third-order valence-corrected chi connectivity index (χ3v) is 4.81. The fraction of sp³-hybridized carbons (Fsp3) is 0.588. The summed E-state index contributed by atoms with van der Waals surface area (Å²) < 4.78 is 29.8. The van der Waals surface area contributed by atoms with Gasteiger partial charge in [0.2, 0.25) is 0 Å². The number of hydrogen-bond acceptors (Lipinski definition) is 5. The van der Waals surface area contributed by atoms with Gasteiger partial charge >= 0.3 is 0 Å². The maximum absolute atomic E-state index is 14.3. The highest BCUT2D eigenvalue weighted by Crippen LogP contribution is 2.33. The Kier molecular flexibility index (Phi) is 4.94. The number of ketones is 1. The van der Waals surface area contributed by atoms with E-state index in [9.17, 15) is 9.18 Å². The van der Waals surface area contributed by atoms with Gasteiger partial charge in [0.15, 0.2) is 12.6 Å². The standard InChI is InChI=1S/C17H22FNO4/c1-19-12-5-11(6-13(19)9-22-8-12)17(20)15-4-3-14(7-16(15)18)23-10-21-2/h3-4,7,11-13H,5-6,8-10H2,1-2H3. The number of halogens is 1. The van der Waals surface area contributed by atoms with E-state index in [0.29, 0.717) is 31.8 Å². The molecule has 0 N–H and O–H groups in total. The van der Waals surface area contributed by atoms with Crippen molar-refractivity contribution < 1.29 is 23.4 Å². The lowest BCUT2D eigenvalue weighted by atomic mass is 9.81. The summed E-state index contributed by atoms with van der Waals surface area (Å²) in [6.07, 6.45) is 1.43. The maximum atomic E-state index is 14.3. The van der Waals surface area contributed by atoms with E-state index in [2.05, 4.69) is 11.9 Å². The van der Waals surface area contributed by atoms with Gasteiger partial charge in [-0.1, -0.05) is 0 Å². The molecule has 2 aliphatic heterocycles. The van der Waals surface area contributed by atoms with E-state index >= 15 is 0 Å². The molecule has 0 aromatic heterocycles. The minimum absolute atomic E-state index is 0.0467. The Morgan fingerprint density at radius 3 is 2.65 bits per heavy atom. The molecular weight excluding hydrogens is 301 g/mol. The number of hydrogen-bond donors (Lipinski definition) is 0. The number of piperidine rings is 1. The fourth-order valence-corrected chi connectivity index (χ4v) is 3.44. The zero-order chi connectivity index (χ0) is 16.4. The van der Waals surface area contributed by atoms with Crippen molar-refractivity contribution >= 4 is 5.78 Å². The molecule has 3 rings (SSSR count). The molecule has 2 heterocycles. The molecule has 2 unspecified atom stereocenters. The molecule has 2 atom stereocenters. The number of likely N-dealkylation sites (N-methyl/N-ethyl adjacent to an activating group) is 1. The molecule has 2 aliphatic rings. The van der Waals surface area contributed by atoms with Crippen molar-refractivity contribution in [3.8, 4) is 5.75 Å². The van der Waals surface area contributed by atoms with Crippen LogP contribution in [0.4, 0.5) is 4.39 Å². The normalized spacial score (nSPS) is 27.7. The van der Waals surface area contributed by atoms with Crippen molar-refractivity contribution in [3.05, 3.63) is 29.6 Å². The zero-order valence-corrected chi connectivity index (χ0v) is 13.5. The van der Waals surface area contributed by atoms with Gasteiger partial charge in [0.25, 0.3) is 0 Å². The molecule has 1 aromatic rings. The predicted octanol–water partition coefficient (Wildman–Crippen LogP) is 2.10. The first kappa shape index (κ1) is 16.4. The van der Waals surface area contributed by atoms with Crippen molar-refractivity contribution in [2.75, 3.05) is 34.2 Å². The second-order valence-electron chi connectivity index (χ2n) is 6.24. The molecule has 23 heavy (non-hydrogen) atoms. The number of methoxy groups -OCH3 is 1. The smallest absolute Gasteiger partial charge is 0.188 e. The van der Waals surface area contributed by atoms with Gasteiger partial charge in [-0.15, -0.1) is 0 Å². The second-order valence-corrected chi connectivity index (χ2v) is 6.24. The molecular formula is C17H22FNO4. The highest BCUT2D eigenvalue weighted by Gasteiger charge is 2.40. The maximum Gasteiger partial charge on any atom is 0.188 e. The van der Waals surface area contributed by atoms with Crippen LogP contribution >= 0.6 is 0 Å². The summed E-state index contributed by atoms with van der Waals surface area (Å²) in [4.78, 5) is 15.0. The van der Waals surface area contributed by atoms with Crippen LogP contribution < -0.4 is 4.74 Å². The van der Waals surface area contributed by atoms with E-state index in [0.717, 1.165) is 0 Å². The molecule has 0 aliphatic carbocycles. The number of fused-ring (bicyclic) bond motifs is 2. The number of carbonyl (C=O) groups excluding carboxylic acids is 1. The molecule has 0 spiro atoms. The number of benzene rings is 1.